The summed E-state index contributed by atoms with van der Waals surface area (Å²) in [6.07, 6.45) is 95.4. The highest BCUT2D eigenvalue weighted by Gasteiger charge is 2.28. The van der Waals surface area contributed by atoms with Crippen molar-refractivity contribution in [1.29, 1.82) is 0 Å². The summed E-state index contributed by atoms with van der Waals surface area (Å²) in [7, 11) is 1.58. The van der Waals surface area contributed by atoms with Gasteiger partial charge < -0.3 is 19.8 Å². The standard InChI is InChI=1S/C80H159N2O6P/c1-6-8-10-12-14-16-18-20-22-24-26-28-30-32-34-36-37-38-39-40-41-42-43-44-45-46-48-50-52-54-56-58-60-62-64-66-68-70-72-74-80(84)81-78(77-88-89(85,86)87-76-75-82(3,4)5)79(83)73-71-69-67-65-63-61-59-57-55-53-51-49-47-35-33-31-29-27-25-23-21-19-17-15-13-11-9-7-2/h63,65,71,73,78-79,83H,6-62,64,66-70,72,74-77H2,1-5H3,(H-,81,84,85,86)/p+1/b65-63+,73-71+. The van der Waals surface area contributed by atoms with Crippen LogP contribution < -0.4 is 5.32 Å². The number of allylic oxidation sites excluding steroid dienone is 3. The molecule has 3 N–H and O–H groups in total. The summed E-state index contributed by atoms with van der Waals surface area (Å²) in [6, 6.07) is -0.863. The van der Waals surface area contributed by atoms with E-state index in [0.717, 1.165) is 38.5 Å². The molecular formula is C80H160N2O6P+. The first kappa shape index (κ1) is 88.0. The molecule has 3 unspecified atom stereocenters. The maximum atomic E-state index is 13.1. The van der Waals surface area contributed by atoms with Crippen LogP contribution in [-0.2, 0) is 18.4 Å². The lowest BCUT2D eigenvalue weighted by Crippen LogP contribution is -2.45. The van der Waals surface area contributed by atoms with Crippen LogP contribution in [0, 0.1) is 0 Å². The molecule has 1 amide bonds. The van der Waals surface area contributed by atoms with Gasteiger partial charge in [-0.3, -0.25) is 13.8 Å². The van der Waals surface area contributed by atoms with Crippen LogP contribution in [-0.4, -0.2) is 73.4 Å². The zero-order valence-corrected chi connectivity index (χ0v) is 61.9. The summed E-state index contributed by atoms with van der Waals surface area (Å²) in [6.45, 7) is 4.87. The van der Waals surface area contributed by atoms with E-state index in [4.69, 9.17) is 9.05 Å². The highest BCUT2D eigenvalue weighted by molar-refractivity contribution is 7.47. The predicted octanol–water partition coefficient (Wildman–Crippen LogP) is 26.2. The van der Waals surface area contributed by atoms with E-state index in [1.807, 2.05) is 27.2 Å². The Bertz CT molecular complexity index is 1500. The Morgan fingerprint density at radius 2 is 0.618 bits per heavy atom. The van der Waals surface area contributed by atoms with Gasteiger partial charge in [0.05, 0.1) is 39.9 Å². The number of carbonyl (C=O) groups excluding carboxylic acids is 1. The molecule has 89 heavy (non-hydrogen) atoms. The molecule has 530 valence electrons. The molecule has 0 fully saturated rings. The van der Waals surface area contributed by atoms with Gasteiger partial charge >= 0.3 is 7.82 Å². The molecule has 0 bridgehead atoms. The maximum Gasteiger partial charge on any atom is 0.472 e. The predicted molar refractivity (Wildman–Crippen MR) is 392 cm³/mol. The maximum absolute atomic E-state index is 13.1. The quantitative estimate of drug-likeness (QED) is 0.0243. The van der Waals surface area contributed by atoms with Crippen molar-refractivity contribution in [3.63, 3.8) is 0 Å². The normalized spacial score (nSPS) is 13.6. The Kier molecular flexibility index (Phi) is 70.5. The molecule has 0 aromatic carbocycles. The van der Waals surface area contributed by atoms with Gasteiger partial charge in [0.15, 0.2) is 0 Å². The molecule has 0 aliphatic rings. The van der Waals surface area contributed by atoms with Gasteiger partial charge in [0.2, 0.25) is 5.91 Å². The number of hydrogen-bond donors (Lipinski definition) is 3. The average molecular weight is 1280 g/mol. The Labute approximate surface area is 557 Å². The lowest BCUT2D eigenvalue weighted by atomic mass is 10.0. The fraction of sp³-hybridized carbons (Fsp3) is 0.938. The highest BCUT2D eigenvalue weighted by Crippen LogP contribution is 2.43. The van der Waals surface area contributed by atoms with Gasteiger partial charge in [-0.05, 0) is 32.1 Å². The van der Waals surface area contributed by atoms with Crippen LogP contribution in [0.4, 0.5) is 0 Å². The van der Waals surface area contributed by atoms with E-state index in [1.165, 1.54) is 372 Å². The first-order valence-electron chi connectivity index (χ1n) is 40.2. The lowest BCUT2D eigenvalue weighted by molar-refractivity contribution is -0.870. The van der Waals surface area contributed by atoms with Crippen molar-refractivity contribution < 1.29 is 32.9 Å². The monoisotopic (exact) mass is 1280 g/mol. The summed E-state index contributed by atoms with van der Waals surface area (Å²) in [5.41, 5.74) is 0. The Hall–Kier alpha value is -1.02. The molecule has 0 radical (unpaired) electrons. The molecule has 8 nitrogen and oxygen atoms in total. The van der Waals surface area contributed by atoms with E-state index >= 15 is 0 Å². The third-order valence-corrected chi connectivity index (χ3v) is 19.9. The van der Waals surface area contributed by atoms with Gasteiger partial charge in [0.25, 0.3) is 0 Å². The van der Waals surface area contributed by atoms with Crippen LogP contribution in [0.15, 0.2) is 24.3 Å². The van der Waals surface area contributed by atoms with E-state index in [1.54, 1.807) is 6.08 Å². The van der Waals surface area contributed by atoms with E-state index < -0.39 is 20.0 Å². The Balaban J connectivity index is 3.93. The third kappa shape index (κ3) is 74.2. The summed E-state index contributed by atoms with van der Waals surface area (Å²) >= 11 is 0. The van der Waals surface area contributed by atoms with E-state index in [0.29, 0.717) is 17.4 Å². The number of carbonyl (C=O) groups is 1. The molecule has 0 saturated heterocycles. The lowest BCUT2D eigenvalue weighted by Gasteiger charge is -2.25. The van der Waals surface area contributed by atoms with Gasteiger partial charge in [0.1, 0.15) is 13.2 Å². The summed E-state index contributed by atoms with van der Waals surface area (Å²) < 4.78 is 23.9. The van der Waals surface area contributed by atoms with Gasteiger partial charge in [-0.25, -0.2) is 4.57 Å². The number of hydrogen-bond acceptors (Lipinski definition) is 5. The molecule has 0 spiro atoms. The number of likely N-dealkylation sites (N-methyl/N-ethyl adjacent to an activating group) is 1. The second-order valence-corrected chi connectivity index (χ2v) is 30.6. The smallest absolute Gasteiger partial charge is 0.387 e. The van der Waals surface area contributed by atoms with Crippen molar-refractivity contribution in [2.45, 2.75) is 443 Å². The number of quaternary nitrogens is 1. The minimum absolute atomic E-state index is 0.0592. The van der Waals surface area contributed by atoms with Crippen molar-refractivity contribution in [3.05, 3.63) is 24.3 Å². The SMILES string of the molecule is CCCCCCCCCCCCCCCCCCCCCCCC/C=C/CC/C=C/C(O)C(COP(=O)(O)OCC[N+](C)(C)C)NC(=O)CCCCCCCCCCCCCCCCCCCCCCCCCCCCCCCCCCCCCCCCC. The molecule has 0 aromatic rings. The van der Waals surface area contributed by atoms with Crippen LogP contribution in [0.1, 0.15) is 431 Å². The van der Waals surface area contributed by atoms with E-state index in [2.05, 4.69) is 31.3 Å². The van der Waals surface area contributed by atoms with Crippen molar-refractivity contribution >= 4 is 13.7 Å². The average Bonchev–Trinajstić information content (AvgIpc) is 3.62. The van der Waals surface area contributed by atoms with Crippen LogP contribution in [0.3, 0.4) is 0 Å². The molecule has 0 heterocycles. The number of rotatable bonds is 76. The molecule has 0 rings (SSSR count). The van der Waals surface area contributed by atoms with E-state index in [-0.39, 0.29) is 19.1 Å². The molecule has 0 aliphatic heterocycles. The number of phosphoric acid groups is 1. The van der Waals surface area contributed by atoms with Crippen molar-refractivity contribution in [2.24, 2.45) is 0 Å². The fourth-order valence-electron chi connectivity index (χ4n) is 12.7. The number of amides is 1. The molecule has 9 heteroatoms. The van der Waals surface area contributed by atoms with Crippen LogP contribution in [0.5, 0.6) is 0 Å². The number of aliphatic hydroxyl groups excluding tert-OH is 1. The Morgan fingerprint density at radius 3 is 0.899 bits per heavy atom. The second kappa shape index (κ2) is 71.3. The topological polar surface area (TPSA) is 105 Å². The number of nitrogens with one attached hydrogen (secondary N) is 1. The van der Waals surface area contributed by atoms with Crippen molar-refractivity contribution in [2.75, 3.05) is 40.9 Å². The van der Waals surface area contributed by atoms with Crippen LogP contribution >= 0.6 is 7.82 Å². The molecular weight excluding hydrogens is 1120 g/mol. The summed E-state index contributed by atoms with van der Waals surface area (Å²) in [5, 5.41) is 14.0. The minimum atomic E-state index is -4.36. The third-order valence-electron chi connectivity index (χ3n) is 18.9. The number of aliphatic hydroxyl groups is 1. The number of nitrogens with zero attached hydrogens (tertiary/aromatic N) is 1. The van der Waals surface area contributed by atoms with Gasteiger partial charge in [-0.1, -0.05) is 417 Å². The first-order valence-corrected chi connectivity index (χ1v) is 41.7. The van der Waals surface area contributed by atoms with Crippen LogP contribution in [0.2, 0.25) is 0 Å². The van der Waals surface area contributed by atoms with E-state index in [9.17, 15) is 19.4 Å². The van der Waals surface area contributed by atoms with Gasteiger partial charge in [-0.2, -0.15) is 0 Å². The minimum Gasteiger partial charge on any atom is -0.387 e. The Morgan fingerprint density at radius 1 is 0.371 bits per heavy atom. The first-order chi connectivity index (χ1) is 43.5. The zero-order chi connectivity index (χ0) is 64.8. The fourth-order valence-corrected chi connectivity index (χ4v) is 13.5. The second-order valence-electron chi connectivity index (χ2n) is 29.2. The zero-order valence-electron chi connectivity index (χ0n) is 61.0. The number of phosphoric ester groups is 1. The molecule has 0 saturated carbocycles. The largest absolute Gasteiger partial charge is 0.472 e. The molecule has 0 aliphatic carbocycles. The van der Waals surface area contributed by atoms with Gasteiger partial charge in [-0.15, -0.1) is 0 Å². The molecule has 0 aromatic heterocycles. The van der Waals surface area contributed by atoms with Crippen LogP contribution in [0.25, 0.3) is 0 Å². The number of unbranched alkanes of at least 4 members (excludes halogenated alkanes) is 61. The summed E-state index contributed by atoms with van der Waals surface area (Å²) in [4.78, 5) is 23.5. The van der Waals surface area contributed by atoms with Gasteiger partial charge in [0, 0.05) is 6.42 Å². The van der Waals surface area contributed by atoms with Crippen molar-refractivity contribution in [1.82, 2.24) is 5.32 Å². The highest BCUT2D eigenvalue weighted by atomic mass is 31.2. The molecule has 3 atom stereocenters. The van der Waals surface area contributed by atoms with Crippen molar-refractivity contribution in [3.8, 4) is 0 Å². The summed E-state index contributed by atoms with van der Waals surface area (Å²) in [5.74, 6) is -0.176.